The zero-order valence-corrected chi connectivity index (χ0v) is 9.20. The summed E-state index contributed by atoms with van der Waals surface area (Å²) >= 11 is 1.39. The minimum Gasteiger partial charge on any atom is -0.211 e. The molecule has 0 bridgehead atoms. The minimum atomic E-state index is -3.39. The van der Waals surface area contributed by atoms with Crippen molar-refractivity contribution in [1.29, 1.82) is 0 Å². The first kappa shape index (κ1) is 9.62. The van der Waals surface area contributed by atoms with E-state index in [-0.39, 0.29) is 0 Å². The second kappa shape index (κ2) is 3.33. The second-order valence-corrected chi connectivity index (χ2v) is 7.57. The molecule has 0 N–H and O–H groups in total. The Kier molecular flexibility index (Phi) is 2.47. The average Bonchev–Trinajstić information content (AvgIpc) is 2.45. The van der Waals surface area contributed by atoms with Gasteiger partial charge in [-0.15, -0.1) is 11.8 Å². The van der Waals surface area contributed by atoms with E-state index in [1.165, 1.54) is 11.8 Å². The highest BCUT2D eigenvalue weighted by atomic mass is 35.7. The lowest BCUT2D eigenvalue weighted by atomic mass is 9.98. The molecular weight excluding hydrogens is 228 g/mol. The monoisotopic (exact) mass is 236 g/mol. The van der Waals surface area contributed by atoms with Gasteiger partial charge in [-0.3, -0.25) is 0 Å². The van der Waals surface area contributed by atoms with Crippen molar-refractivity contribution >= 4 is 31.5 Å². The Labute approximate surface area is 86.5 Å². The predicted octanol–water partition coefficient (Wildman–Crippen LogP) is 2.48. The molecule has 2 rings (SSSR count). The van der Waals surface area contributed by atoms with Crippen LogP contribution in [0.1, 0.15) is 12.8 Å². The van der Waals surface area contributed by atoms with Crippen LogP contribution in [0.3, 0.4) is 0 Å². The van der Waals surface area contributed by atoms with E-state index >= 15 is 0 Å². The van der Waals surface area contributed by atoms with Gasteiger partial charge in [0.2, 0.25) is 9.05 Å². The Bertz CT molecular complexity index is 370. The summed E-state index contributed by atoms with van der Waals surface area (Å²) in [6, 6.07) is 0. The summed E-state index contributed by atoms with van der Waals surface area (Å²) in [7, 11) is 1.91. The van der Waals surface area contributed by atoms with Crippen LogP contribution in [0.5, 0.6) is 0 Å². The van der Waals surface area contributed by atoms with Gasteiger partial charge >= 0.3 is 0 Å². The van der Waals surface area contributed by atoms with Crippen LogP contribution in [0.15, 0.2) is 23.1 Å². The summed E-state index contributed by atoms with van der Waals surface area (Å²) < 4.78 is 21.7. The van der Waals surface area contributed by atoms with E-state index in [0.717, 1.165) is 11.3 Å². The third kappa shape index (κ3) is 1.95. The van der Waals surface area contributed by atoms with Crippen LogP contribution in [0.25, 0.3) is 0 Å². The molecule has 2 unspecified atom stereocenters. The molecule has 1 aliphatic heterocycles. The molecule has 0 amide bonds. The maximum atomic E-state index is 11.1. The molecular formula is C8H9ClO2S2. The van der Waals surface area contributed by atoms with Crippen molar-refractivity contribution in [2.75, 3.05) is 0 Å². The van der Waals surface area contributed by atoms with Crippen LogP contribution in [0.4, 0.5) is 0 Å². The van der Waals surface area contributed by atoms with E-state index in [4.69, 9.17) is 10.7 Å². The number of fused-ring (bicyclic) bond motifs is 1. The fourth-order valence-electron chi connectivity index (χ4n) is 1.61. The second-order valence-electron chi connectivity index (χ2n) is 3.19. The normalized spacial score (nSPS) is 32.8. The Morgan fingerprint density at radius 3 is 2.92 bits per heavy atom. The molecule has 2 nitrogen and oxygen atoms in total. The molecule has 2 aliphatic rings. The van der Waals surface area contributed by atoms with Crippen molar-refractivity contribution in [2.24, 2.45) is 5.92 Å². The Morgan fingerprint density at radius 1 is 1.54 bits per heavy atom. The van der Waals surface area contributed by atoms with Crippen molar-refractivity contribution in [3.8, 4) is 0 Å². The molecule has 72 valence electrons. The fraction of sp³-hybridized carbons (Fsp3) is 0.500. The molecule has 1 saturated heterocycles. The van der Waals surface area contributed by atoms with Crippen molar-refractivity contribution in [3.63, 3.8) is 0 Å². The standard InChI is InChI=1S/C8H9ClO2S2/c9-13(10,11)8-5-6-3-1-2-4-7(6)12-8/h1-2,4,6,8H,3,5H2. The van der Waals surface area contributed by atoms with Crippen molar-refractivity contribution in [2.45, 2.75) is 17.4 Å². The highest BCUT2D eigenvalue weighted by molar-refractivity contribution is 8.25. The van der Waals surface area contributed by atoms with E-state index in [1.54, 1.807) is 0 Å². The smallest absolute Gasteiger partial charge is 0.211 e. The van der Waals surface area contributed by atoms with Crippen LogP contribution in [-0.4, -0.2) is 13.0 Å². The Balaban J connectivity index is 2.20. The first-order valence-electron chi connectivity index (χ1n) is 4.04. The molecule has 2 atom stereocenters. The van der Waals surface area contributed by atoms with Crippen molar-refractivity contribution < 1.29 is 8.42 Å². The van der Waals surface area contributed by atoms with E-state index in [2.05, 4.69) is 6.08 Å². The summed E-state index contributed by atoms with van der Waals surface area (Å²) in [5.74, 6) is 0.383. The third-order valence-electron chi connectivity index (χ3n) is 2.28. The minimum absolute atomic E-state index is 0.383. The lowest BCUT2D eigenvalue weighted by Gasteiger charge is -2.09. The lowest BCUT2D eigenvalue weighted by Crippen LogP contribution is -2.09. The van der Waals surface area contributed by atoms with Gasteiger partial charge in [0.1, 0.15) is 4.58 Å². The van der Waals surface area contributed by atoms with E-state index < -0.39 is 13.6 Å². The number of hydrogen-bond donors (Lipinski definition) is 0. The number of rotatable bonds is 1. The van der Waals surface area contributed by atoms with Gasteiger partial charge in [-0.25, -0.2) is 8.42 Å². The van der Waals surface area contributed by atoms with Crippen molar-refractivity contribution in [1.82, 2.24) is 0 Å². The van der Waals surface area contributed by atoms with E-state index in [0.29, 0.717) is 12.3 Å². The highest BCUT2D eigenvalue weighted by Crippen LogP contribution is 2.47. The van der Waals surface area contributed by atoms with Crippen molar-refractivity contribution in [3.05, 3.63) is 23.1 Å². The predicted molar refractivity (Wildman–Crippen MR) is 56.1 cm³/mol. The molecule has 0 aromatic rings. The van der Waals surface area contributed by atoms with Crippen LogP contribution < -0.4 is 0 Å². The molecule has 0 saturated carbocycles. The summed E-state index contributed by atoms with van der Waals surface area (Å²) in [5, 5.41) is 0. The van der Waals surface area contributed by atoms with Gasteiger partial charge in [0.05, 0.1) is 0 Å². The van der Waals surface area contributed by atoms with Crippen LogP contribution in [-0.2, 0) is 9.05 Å². The maximum Gasteiger partial charge on any atom is 0.245 e. The van der Waals surface area contributed by atoms with Gasteiger partial charge in [-0.05, 0) is 23.7 Å². The summed E-state index contributed by atoms with van der Waals surface area (Å²) in [6.45, 7) is 0. The third-order valence-corrected chi connectivity index (χ3v) is 6.31. The molecule has 0 aromatic carbocycles. The topological polar surface area (TPSA) is 34.1 Å². The van der Waals surface area contributed by atoms with Gasteiger partial charge in [-0.2, -0.15) is 0 Å². The fourth-order valence-corrected chi connectivity index (χ4v) is 4.59. The SMILES string of the molecule is O=S(=O)(Cl)C1CC2CC=CC=C2S1. The number of thioether (sulfide) groups is 1. The van der Waals surface area contributed by atoms with Gasteiger partial charge in [0.15, 0.2) is 0 Å². The Morgan fingerprint density at radius 2 is 2.31 bits per heavy atom. The van der Waals surface area contributed by atoms with Gasteiger partial charge in [0.25, 0.3) is 0 Å². The van der Waals surface area contributed by atoms with E-state index in [1.807, 2.05) is 12.2 Å². The summed E-state index contributed by atoms with van der Waals surface area (Å²) in [6.07, 6.45) is 7.63. The zero-order chi connectivity index (χ0) is 9.47. The van der Waals surface area contributed by atoms with Crippen LogP contribution in [0, 0.1) is 5.92 Å². The Hall–Kier alpha value is 0.0700. The van der Waals surface area contributed by atoms with Crippen LogP contribution >= 0.6 is 22.4 Å². The van der Waals surface area contributed by atoms with E-state index in [9.17, 15) is 8.42 Å². The first-order valence-corrected chi connectivity index (χ1v) is 7.29. The molecule has 1 aliphatic carbocycles. The number of hydrogen-bond acceptors (Lipinski definition) is 3. The first-order chi connectivity index (χ1) is 6.07. The molecule has 1 fully saturated rings. The largest absolute Gasteiger partial charge is 0.245 e. The van der Waals surface area contributed by atoms with Gasteiger partial charge in [-0.1, -0.05) is 18.2 Å². The maximum absolute atomic E-state index is 11.1. The molecule has 0 spiro atoms. The number of allylic oxidation sites excluding steroid dienone is 4. The molecule has 0 aromatic heterocycles. The molecule has 1 heterocycles. The average molecular weight is 237 g/mol. The quantitative estimate of drug-likeness (QED) is 0.656. The molecule has 5 heteroatoms. The zero-order valence-electron chi connectivity index (χ0n) is 6.81. The number of halogens is 1. The van der Waals surface area contributed by atoms with Gasteiger partial charge < -0.3 is 0 Å². The molecule has 13 heavy (non-hydrogen) atoms. The summed E-state index contributed by atoms with van der Waals surface area (Å²) in [5.41, 5.74) is 0. The summed E-state index contributed by atoms with van der Waals surface area (Å²) in [4.78, 5) is 1.16. The molecule has 0 radical (unpaired) electrons. The van der Waals surface area contributed by atoms with Crippen LogP contribution in [0.2, 0.25) is 0 Å². The highest BCUT2D eigenvalue weighted by Gasteiger charge is 2.37. The van der Waals surface area contributed by atoms with Gasteiger partial charge in [0, 0.05) is 10.7 Å². The lowest BCUT2D eigenvalue weighted by molar-refractivity contribution is 0.586.